The van der Waals surface area contributed by atoms with Crippen LogP contribution in [0.4, 0.5) is 10.1 Å². The smallest absolute Gasteiger partial charge is 0.146 e. The lowest BCUT2D eigenvalue weighted by atomic mass is 10.1. The van der Waals surface area contributed by atoms with E-state index in [1.54, 1.807) is 6.07 Å². The van der Waals surface area contributed by atoms with Gasteiger partial charge in [0.05, 0.1) is 11.7 Å². The van der Waals surface area contributed by atoms with Crippen LogP contribution in [-0.2, 0) is 0 Å². The highest BCUT2D eigenvalue weighted by molar-refractivity contribution is 7.99. The third kappa shape index (κ3) is 2.10. The van der Waals surface area contributed by atoms with Crippen LogP contribution in [0.5, 0.6) is 0 Å². The van der Waals surface area contributed by atoms with Gasteiger partial charge in [0.1, 0.15) is 5.82 Å². The van der Waals surface area contributed by atoms with Crippen LogP contribution in [0.15, 0.2) is 47.4 Å². The van der Waals surface area contributed by atoms with Crippen molar-refractivity contribution in [2.45, 2.75) is 17.9 Å². The molecule has 3 rings (SSSR count). The summed E-state index contributed by atoms with van der Waals surface area (Å²) in [5.74, 6) is 0.775. The first-order valence-corrected chi connectivity index (χ1v) is 6.97. The average Bonchev–Trinajstić information content (AvgIpc) is 2.76. The van der Waals surface area contributed by atoms with E-state index in [2.05, 4.69) is 17.4 Å². The number of hydrogen-bond donors (Lipinski definition) is 1. The van der Waals surface area contributed by atoms with E-state index in [1.165, 1.54) is 10.5 Å². The van der Waals surface area contributed by atoms with Crippen LogP contribution < -0.4 is 5.32 Å². The molecule has 0 fully saturated rings. The van der Waals surface area contributed by atoms with Crippen LogP contribution in [0, 0.1) is 12.7 Å². The minimum atomic E-state index is -0.176. The van der Waals surface area contributed by atoms with Crippen molar-refractivity contribution >= 4 is 17.4 Å². The van der Waals surface area contributed by atoms with Crippen molar-refractivity contribution < 1.29 is 4.39 Å². The molecule has 0 aliphatic carbocycles. The summed E-state index contributed by atoms with van der Waals surface area (Å²) in [6, 6.07) is 13.8. The first-order valence-electron chi connectivity index (χ1n) is 5.98. The number of hydrogen-bond acceptors (Lipinski definition) is 2. The molecule has 0 radical (unpaired) electrons. The van der Waals surface area contributed by atoms with Crippen LogP contribution in [0.1, 0.15) is 17.2 Å². The van der Waals surface area contributed by atoms with Gasteiger partial charge in [-0.1, -0.05) is 24.3 Å². The SMILES string of the molecule is Cc1ccc(NC2CSc3ccccc32)c(F)c1. The Morgan fingerprint density at radius 2 is 2.06 bits per heavy atom. The summed E-state index contributed by atoms with van der Waals surface area (Å²) in [6.45, 7) is 1.90. The molecule has 1 heterocycles. The van der Waals surface area contributed by atoms with Crippen molar-refractivity contribution in [1.82, 2.24) is 0 Å². The van der Waals surface area contributed by atoms with Gasteiger partial charge in [-0.3, -0.25) is 0 Å². The number of nitrogens with one attached hydrogen (secondary N) is 1. The van der Waals surface area contributed by atoms with Crippen molar-refractivity contribution in [3.8, 4) is 0 Å². The topological polar surface area (TPSA) is 12.0 Å². The number of fused-ring (bicyclic) bond motifs is 1. The maximum absolute atomic E-state index is 13.8. The Balaban J connectivity index is 1.86. The zero-order valence-corrected chi connectivity index (χ0v) is 10.9. The second-order valence-electron chi connectivity index (χ2n) is 4.53. The van der Waals surface area contributed by atoms with E-state index in [4.69, 9.17) is 0 Å². The predicted molar refractivity (Wildman–Crippen MR) is 74.7 cm³/mol. The molecule has 2 aromatic rings. The van der Waals surface area contributed by atoms with Gasteiger partial charge < -0.3 is 5.32 Å². The molecule has 2 aromatic carbocycles. The summed E-state index contributed by atoms with van der Waals surface area (Å²) >= 11 is 1.82. The van der Waals surface area contributed by atoms with Gasteiger partial charge in [0.2, 0.25) is 0 Å². The summed E-state index contributed by atoms with van der Waals surface area (Å²) in [5, 5.41) is 3.30. The fourth-order valence-electron chi connectivity index (χ4n) is 2.21. The predicted octanol–water partition coefficient (Wildman–Crippen LogP) is 4.39. The van der Waals surface area contributed by atoms with E-state index in [1.807, 2.05) is 43.0 Å². The Labute approximate surface area is 110 Å². The van der Waals surface area contributed by atoms with Gasteiger partial charge in [-0.25, -0.2) is 4.39 Å². The molecule has 1 aliphatic heterocycles. The highest BCUT2D eigenvalue weighted by Gasteiger charge is 2.23. The first kappa shape index (κ1) is 11.6. The fraction of sp³-hybridized carbons (Fsp3) is 0.200. The molecule has 0 spiro atoms. The largest absolute Gasteiger partial charge is 0.375 e. The summed E-state index contributed by atoms with van der Waals surface area (Å²) in [6.07, 6.45) is 0. The van der Waals surface area contributed by atoms with Gasteiger partial charge in [-0.15, -0.1) is 11.8 Å². The number of halogens is 1. The van der Waals surface area contributed by atoms with Gasteiger partial charge >= 0.3 is 0 Å². The van der Waals surface area contributed by atoms with E-state index in [0.717, 1.165) is 11.3 Å². The zero-order valence-electron chi connectivity index (χ0n) is 10.1. The lowest BCUT2D eigenvalue weighted by Crippen LogP contribution is -2.10. The molecule has 1 atom stereocenters. The van der Waals surface area contributed by atoms with Gasteiger partial charge in [0.25, 0.3) is 0 Å². The van der Waals surface area contributed by atoms with E-state index in [0.29, 0.717) is 5.69 Å². The molecule has 0 saturated carbocycles. The third-order valence-corrected chi connectivity index (χ3v) is 4.34. The number of thioether (sulfide) groups is 1. The summed E-state index contributed by atoms with van der Waals surface area (Å²) in [5.41, 5.74) is 2.80. The molecule has 0 aromatic heterocycles. The van der Waals surface area contributed by atoms with Gasteiger partial charge in [0, 0.05) is 10.6 Å². The molecule has 0 amide bonds. The van der Waals surface area contributed by atoms with Crippen molar-refractivity contribution in [1.29, 1.82) is 0 Å². The summed E-state index contributed by atoms with van der Waals surface area (Å²) in [7, 11) is 0. The Kier molecular flexibility index (Phi) is 3.00. The first-order chi connectivity index (χ1) is 8.74. The molecule has 0 bridgehead atoms. The van der Waals surface area contributed by atoms with E-state index in [9.17, 15) is 4.39 Å². The monoisotopic (exact) mass is 259 g/mol. The maximum atomic E-state index is 13.8. The molecular formula is C15H14FNS. The second-order valence-corrected chi connectivity index (χ2v) is 5.59. The van der Waals surface area contributed by atoms with Crippen molar-refractivity contribution in [2.75, 3.05) is 11.1 Å². The van der Waals surface area contributed by atoms with E-state index in [-0.39, 0.29) is 11.9 Å². The molecule has 18 heavy (non-hydrogen) atoms. The van der Waals surface area contributed by atoms with Crippen LogP contribution in [-0.4, -0.2) is 5.75 Å². The van der Waals surface area contributed by atoms with Crippen LogP contribution in [0.25, 0.3) is 0 Å². The Bertz CT molecular complexity index is 582. The summed E-state index contributed by atoms with van der Waals surface area (Å²) < 4.78 is 13.8. The molecule has 1 N–H and O–H groups in total. The molecular weight excluding hydrogens is 245 g/mol. The number of benzene rings is 2. The molecule has 3 heteroatoms. The van der Waals surface area contributed by atoms with E-state index < -0.39 is 0 Å². The fourth-order valence-corrected chi connectivity index (χ4v) is 3.37. The van der Waals surface area contributed by atoms with Crippen molar-refractivity contribution in [2.24, 2.45) is 0 Å². The molecule has 1 unspecified atom stereocenters. The molecule has 0 saturated heterocycles. The normalized spacial score (nSPS) is 17.6. The standard InChI is InChI=1S/C15H14FNS/c1-10-6-7-13(12(16)8-10)17-14-9-18-15-5-3-2-4-11(14)15/h2-8,14,17H,9H2,1H3. The third-order valence-electron chi connectivity index (χ3n) is 3.15. The molecule has 1 nitrogen and oxygen atoms in total. The number of aryl methyl sites for hydroxylation is 1. The minimum Gasteiger partial charge on any atom is -0.375 e. The quantitative estimate of drug-likeness (QED) is 0.858. The Morgan fingerprint density at radius 3 is 2.89 bits per heavy atom. The van der Waals surface area contributed by atoms with Crippen LogP contribution in [0.2, 0.25) is 0 Å². The van der Waals surface area contributed by atoms with Crippen molar-refractivity contribution in [3.05, 3.63) is 59.4 Å². The number of anilines is 1. The molecule has 92 valence electrons. The number of rotatable bonds is 2. The maximum Gasteiger partial charge on any atom is 0.146 e. The summed E-state index contributed by atoms with van der Waals surface area (Å²) in [4.78, 5) is 1.29. The van der Waals surface area contributed by atoms with Crippen LogP contribution >= 0.6 is 11.8 Å². The lowest BCUT2D eigenvalue weighted by Gasteiger charge is -2.15. The van der Waals surface area contributed by atoms with Gasteiger partial charge in [-0.2, -0.15) is 0 Å². The minimum absolute atomic E-state index is 0.176. The lowest BCUT2D eigenvalue weighted by molar-refractivity contribution is 0.626. The highest BCUT2D eigenvalue weighted by atomic mass is 32.2. The van der Waals surface area contributed by atoms with E-state index >= 15 is 0 Å². The van der Waals surface area contributed by atoms with Crippen LogP contribution in [0.3, 0.4) is 0 Å². The second kappa shape index (κ2) is 4.65. The zero-order chi connectivity index (χ0) is 12.5. The van der Waals surface area contributed by atoms with Gasteiger partial charge in [-0.05, 0) is 36.2 Å². The Hall–Kier alpha value is -1.48. The van der Waals surface area contributed by atoms with Crippen molar-refractivity contribution in [3.63, 3.8) is 0 Å². The molecule has 1 aliphatic rings. The highest BCUT2D eigenvalue weighted by Crippen LogP contribution is 2.39. The average molecular weight is 259 g/mol. The Morgan fingerprint density at radius 1 is 1.22 bits per heavy atom. The van der Waals surface area contributed by atoms with Gasteiger partial charge in [0.15, 0.2) is 0 Å².